The Hall–Kier alpha value is -1.79. The van der Waals surface area contributed by atoms with Crippen molar-refractivity contribution in [1.29, 1.82) is 0 Å². The van der Waals surface area contributed by atoms with E-state index < -0.39 is 0 Å². The molecule has 17 heavy (non-hydrogen) atoms. The normalized spacial score (nSPS) is 10.0. The van der Waals surface area contributed by atoms with Gasteiger partial charge in [-0.1, -0.05) is 30.2 Å². The predicted molar refractivity (Wildman–Crippen MR) is 69.4 cm³/mol. The van der Waals surface area contributed by atoms with Crippen molar-refractivity contribution >= 4 is 5.91 Å². The second-order valence-electron chi connectivity index (χ2n) is 4.08. The number of aryl methyl sites for hydroxylation is 1. The van der Waals surface area contributed by atoms with Crippen molar-refractivity contribution in [2.24, 2.45) is 0 Å². The van der Waals surface area contributed by atoms with Gasteiger partial charge in [0.1, 0.15) is 0 Å². The molecule has 3 heteroatoms. The highest BCUT2D eigenvalue weighted by Crippen LogP contribution is 2.05. The van der Waals surface area contributed by atoms with E-state index in [0.29, 0.717) is 19.6 Å². The smallest absolute Gasteiger partial charge is 0.234 e. The minimum Gasteiger partial charge on any atom is -0.351 e. The molecule has 3 nitrogen and oxygen atoms in total. The molecule has 0 heterocycles. The zero-order chi connectivity index (χ0) is 12.7. The van der Waals surface area contributed by atoms with Crippen molar-refractivity contribution < 1.29 is 4.79 Å². The van der Waals surface area contributed by atoms with Crippen LogP contribution >= 0.6 is 0 Å². The molecule has 0 aliphatic heterocycles. The van der Waals surface area contributed by atoms with Crippen molar-refractivity contribution in [2.45, 2.75) is 13.5 Å². The standard InChI is InChI=1S/C14H18N2O/c1-4-9-16(3)11-14(17)15-10-13-8-6-5-7-12(13)2/h1,5-8H,9-11H2,2-3H3,(H,15,17). The molecule has 0 radical (unpaired) electrons. The molecule has 1 rings (SSSR count). The van der Waals surface area contributed by atoms with E-state index in [4.69, 9.17) is 6.42 Å². The molecular weight excluding hydrogens is 212 g/mol. The van der Waals surface area contributed by atoms with Crippen LogP contribution in [0.2, 0.25) is 0 Å². The van der Waals surface area contributed by atoms with E-state index in [2.05, 4.69) is 11.2 Å². The molecule has 1 amide bonds. The molecule has 1 aromatic carbocycles. The van der Waals surface area contributed by atoms with Gasteiger partial charge >= 0.3 is 0 Å². The highest BCUT2D eigenvalue weighted by atomic mass is 16.2. The average Bonchev–Trinajstić information content (AvgIpc) is 2.28. The zero-order valence-corrected chi connectivity index (χ0v) is 10.4. The van der Waals surface area contributed by atoms with Gasteiger partial charge in [0.05, 0.1) is 13.1 Å². The number of nitrogens with one attached hydrogen (secondary N) is 1. The first kappa shape index (κ1) is 13.3. The summed E-state index contributed by atoms with van der Waals surface area (Å²) in [4.78, 5) is 13.4. The van der Waals surface area contributed by atoms with E-state index in [0.717, 1.165) is 5.56 Å². The summed E-state index contributed by atoms with van der Waals surface area (Å²) >= 11 is 0. The molecule has 1 aromatic rings. The Balaban J connectivity index is 2.39. The van der Waals surface area contributed by atoms with Crippen molar-refractivity contribution in [3.63, 3.8) is 0 Å². The van der Waals surface area contributed by atoms with Gasteiger partial charge in [-0.3, -0.25) is 9.69 Å². The summed E-state index contributed by atoms with van der Waals surface area (Å²) < 4.78 is 0. The number of nitrogens with zero attached hydrogens (tertiary/aromatic N) is 1. The van der Waals surface area contributed by atoms with Crippen LogP contribution < -0.4 is 5.32 Å². The Morgan fingerprint density at radius 1 is 1.47 bits per heavy atom. The summed E-state index contributed by atoms with van der Waals surface area (Å²) in [6.45, 7) is 3.41. The molecule has 1 N–H and O–H groups in total. The molecule has 0 saturated heterocycles. The molecule has 0 fully saturated rings. The molecular formula is C14H18N2O. The fraction of sp³-hybridized carbons (Fsp3) is 0.357. The van der Waals surface area contributed by atoms with Crippen LogP contribution in [-0.2, 0) is 11.3 Å². The number of hydrogen-bond acceptors (Lipinski definition) is 2. The van der Waals surface area contributed by atoms with Gasteiger partial charge < -0.3 is 5.32 Å². The summed E-state index contributed by atoms with van der Waals surface area (Å²) in [6.07, 6.45) is 5.17. The van der Waals surface area contributed by atoms with Crippen LogP contribution in [0.25, 0.3) is 0 Å². The zero-order valence-electron chi connectivity index (χ0n) is 10.4. The topological polar surface area (TPSA) is 32.3 Å². The quantitative estimate of drug-likeness (QED) is 0.770. The Bertz CT molecular complexity index is 420. The van der Waals surface area contributed by atoms with Crippen LogP contribution in [-0.4, -0.2) is 30.9 Å². The number of carbonyl (C=O) groups excluding carboxylic acids is 1. The molecule has 0 unspecified atom stereocenters. The number of carbonyl (C=O) groups is 1. The van der Waals surface area contributed by atoms with Gasteiger partial charge in [0.2, 0.25) is 5.91 Å². The molecule has 0 aliphatic carbocycles. The van der Waals surface area contributed by atoms with E-state index in [-0.39, 0.29) is 5.91 Å². The largest absolute Gasteiger partial charge is 0.351 e. The van der Waals surface area contributed by atoms with Crippen molar-refractivity contribution in [2.75, 3.05) is 20.1 Å². The maximum absolute atomic E-state index is 11.6. The summed E-state index contributed by atoms with van der Waals surface area (Å²) in [6, 6.07) is 8.01. The van der Waals surface area contributed by atoms with Crippen LogP contribution in [0.1, 0.15) is 11.1 Å². The van der Waals surface area contributed by atoms with E-state index in [1.165, 1.54) is 5.56 Å². The third kappa shape index (κ3) is 4.71. The lowest BCUT2D eigenvalue weighted by molar-refractivity contribution is -0.122. The lowest BCUT2D eigenvalue weighted by atomic mass is 10.1. The highest BCUT2D eigenvalue weighted by Gasteiger charge is 2.05. The molecule has 0 saturated carbocycles. The number of likely N-dealkylation sites (N-methyl/N-ethyl adjacent to an activating group) is 1. The molecule has 0 atom stereocenters. The van der Waals surface area contributed by atoms with Gasteiger partial charge in [0.15, 0.2) is 0 Å². The van der Waals surface area contributed by atoms with Gasteiger partial charge in [-0.25, -0.2) is 0 Å². The SMILES string of the molecule is C#CCN(C)CC(=O)NCc1ccccc1C. The Labute approximate surface area is 103 Å². The Kier molecular flexibility index (Phi) is 5.25. The Morgan fingerprint density at radius 2 is 2.18 bits per heavy atom. The number of benzene rings is 1. The summed E-state index contributed by atoms with van der Waals surface area (Å²) in [7, 11) is 1.83. The number of rotatable bonds is 5. The summed E-state index contributed by atoms with van der Waals surface area (Å²) in [5, 5.41) is 2.88. The van der Waals surface area contributed by atoms with E-state index in [1.54, 1.807) is 4.90 Å². The van der Waals surface area contributed by atoms with Gasteiger partial charge in [-0.2, -0.15) is 0 Å². The maximum Gasteiger partial charge on any atom is 0.234 e. The van der Waals surface area contributed by atoms with E-state index in [1.807, 2.05) is 38.2 Å². The van der Waals surface area contributed by atoms with Gasteiger partial charge in [0.25, 0.3) is 0 Å². The maximum atomic E-state index is 11.6. The molecule has 90 valence electrons. The number of terminal acetylenes is 1. The second-order valence-corrected chi connectivity index (χ2v) is 4.08. The lowest BCUT2D eigenvalue weighted by Gasteiger charge is -2.13. The van der Waals surface area contributed by atoms with Crippen molar-refractivity contribution in [1.82, 2.24) is 10.2 Å². The second kappa shape index (κ2) is 6.72. The average molecular weight is 230 g/mol. The number of amides is 1. The molecule has 0 bridgehead atoms. The first-order valence-corrected chi connectivity index (χ1v) is 5.56. The first-order valence-electron chi connectivity index (χ1n) is 5.56. The van der Waals surface area contributed by atoms with E-state index in [9.17, 15) is 4.79 Å². The fourth-order valence-corrected chi connectivity index (χ4v) is 1.52. The van der Waals surface area contributed by atoms with Gasteiger partial charge in [-0.15, -0.1) is 6.42 Å². The van der Waals surface area contributed by atoms with Crippen LogP contribution in [0.5, 0.6) is 0 Å². The molecule has 0 spiro atoms. The van der Waals surface area contributed by atoms with Crippen molar-refractivity contribution in [3.8, 4) is 12.3 Å². The van der Waals surface area contributed by atoms with Gasteiger partial charge in [0, 0.05) is 6.54 Å². The van der Waals surface area contributed by atoms with Crippen molar-refractivity contribution in [3.05, 3.63) is 35.4 Å². The fourth-order valence-electron chi connectivity index (χ4n) is 1.52. The minimum absolute atomic E-state index is 0.00833. The third-order valence-corrected chi connectivity index (χ3v) is 2.51. The highest BCUT2D eigenvalue weighted by molar-refractivity contribution is 5.78. The molecule has 0 aromatic heterocycles. The summed E-state index contributed by atoms with van der Waals surface area (Å²) in [5.74, 6) is 2.49. The monoisotopic (exact) mass is 230 g/mol. The first-order chi connectivity index (χ1) is 8.13. The Morgan fingerprint density at radius 3 is 2.82 bits per heavy atom. The number of hydrogen-bond donors (Lipinski definition) is 1. The lowest BCUT2D eigenvalue weighted by Crippen LogP contribution is -2.35. The third-order valence-electron chi connectivity index (χ3n) is 2.51. The predicted octanol–water partition coefficient (Wildman–Crippen LogP) is 1.18. The van der Waals surface area contributed by atoms with Crippen LogP contribution in [0.4, 0.5) is 0 Å². The summed E-state index contributed by atoms with van der Waals surface area (Å²) in [5.41, 5.74) is 2.32. The molecule has 0 aliphatic rings. The van der Waals surface area contributed by atoms with Gasteiger partial charge in [-0.05, 0) is 25.1 Å². The van der Waals surface area contributed by atoms with Crippen LogP contribution in [0.3, 0.4) is 0 Å². The van der Waals surface area contributed by atoms with Crippen LogP contribution in [0.15, 0.2) is 24.3 Å². The minimum atomic E-state index is -0.00833. The van der Waals surface area contributed by atoms with Crippen LogP contribution in [0, 0.1) is 19.3 Å². The van der Waals surface area contributed by atoms with E-state index >= 15 is 0 Å².